The average molecular weight is 383 g/mol. The number of carbonyl (C=O) groups is 1. The number of likely N-dealkylation sites (N-methyl/N-ethyl adjacent to an activating group) is 1. The third-order valence-corrected chi connectivity index (χ3v) is 4.95. The number of benzene rings is 1. The van der Waals surface area contributed by atoms with Crippen LogP contribution in [0.1, 0.15) is 36.7 Å². The Bertz CT molecular complexity index is 756. The Morgan fingerprint density at radius 3 is 2.54 bits per heavy atom. The molecular formula is C21H30N6O. The van der Waals surface area contributed by atoms with Crippen LogP contribution in [0.25, 0.3) is 0 Å². The Morgan fingerprint density at radius 2 is 1.82 bits per heavy atom. The Morgan fingerprint density at radius 1 is 1.07 bits per heavy atom. The molecule has 2 heterocycles. The molecule has 2 N–H and O–H groups in total. The largest absolute Gasteiger partial charge is 0.369 e. The van der Waals surface area contributed by atoms with Crippen molar-refractivity contribution in [2.75, 3.05) is 50.0 Å². The summed E-state index contributed by atoms with van der Waals surface area (Å²) in [6, 6.07) is 9.90. The molecule has 0 aliphatic carbocycles. The quantitative estimate of drug-likeness (QED) is 0.684. The number of aromatic nitrogens is 2. The molecule has 1 aromatic carbocycles. The van der Waals surface area contributed by atoms with Gasteiger partial charge in [0.2, 0.25) is 5.95 Å². The Kier molecular flexibility index (Phi) is 7.19. The Labute approximate surface area is 167 Å². The summed E-state index contributed by atoms with van der Waals surface area (Å²) in [4.78, 5) is 25.5. The van der Waals surface area contributed by atoms with E-state index >= 15 is 0 Å². The van der Waals surface area contributed by atoms with Crippen LogP contribution in [0, 0.1) is 0 Å². The van der Waals surface area contributed by atoms with Crippen LogP contribution >= 0.6 is 0 Å². The molecule has 28 heavy (non-hydrogen) atoms. The molecule has 7 heteroatoms. The zero-order chi connectivity index (χ0) is 19.8. The van der Waals surface area contributed by atoms with Crippen molar-refractivity contribution in [1.29, 1.82) is 0 Å². The van der Waals surface area contributed by atoms with Crippen LogP contribution in [0.15, 0.2) is 36.5 Å². The summed E-state index contributed by atoms with van der Waals surface area (Å²) in [6.45, 7) is 7.07. The zero-order valence-corrected chi connectivity index (χ0v) is 16.8. The van der Waals surface area contributed by atoms with Crippen molar-refractivity contribution in [2.24, 2.45) is 0 Å². The summed E-state index contributed by atoms with van der Waals surface area (Å²) in [5.41, 5.74) is 2.50. The van der Waals surface area contributed by atoms with E-state index < -0.39 is 0 Å². The molecule has 0 spiro atoms. The maximum Gasteiger partial charge on any atom is 0.270 e. The van der Waals surface area contributed by atoms with Crippen LogP contribution in [-0.4, -0.2) is 60.5 Å². The molecule has 1 fully saturated rings. The van der Waals surface area contributed by atoms with Gasteiger partial charge in [-0.3, -0.25) is 4.79 Å². The molecule has 7 nitrogen and oxygen atoms in total. The van der Waals surface area contributed by atoms with Crippen molar-refractivity contribution in [3.63, 3.8) is 0 Å². The van der Waals surface area contributed by atoms with Crippen LogP contribution in [0.3, 0.4) is 0 Å². The highest BCUT2D eigenvalue weighted by Crippen LogP contribution is 2.21. The van der Waals surface area contributed by atoms with Gasteiger partial charge in [-0.1, -0.05) is 19.8 Å². The molecule has 1 saturated heterocycles. The second-order valence-corrected chi connectivity index (χ2v) is 7.19. The van der Waals surface area contributed by atoms with Gasteiger partial charge in [-0.2, -0.15) is 0 Å². The van der Waals surface area contributed by atoms with E-state index in [1.807, 2.05) is 12.1 Å². The highest BCUT2D eigenvalue weighted by Gasteiger charge is 2.14. The lowest BCUT2D eigenvalue weighted by molar-refractivity contribution is 0.0948. The molecule has 0 unspecified atom stereocenters. The van der Waals surface area contributed by atoms with Crippen LogP contribution in [-0.2, 0) is 0 Å². The molecule has 1 aliphatic heterocycles. The van der Waals surface area contributed by atoms with E-state index in [0.29, 0.717) is 18.2 Å². The maximum absolute atomic E-state index is 12.2. The Hall–Kier alpha value is -2.67. The highest BCUT2D eigenvalue weighted by atomic mass is 16.1. The first-order chi connectivity index (χ1) is 13.7. The number of hydrogen-bond acceptors (Lipinski definition) is 6. The first kappa shape index (κ1) is 20.1. The second kappa shape index (κ2) is 10.0. The van der Waals surface area contributed by atoms with Gasteiger partial charge in [-0.15, -0.1) is 0 Å². The van der Waals surface area contributed by atoms with Crippen molar-refractivity contribution in [2.45, 2.75) is 26.2 Å². The van der Waals surface area contributed by atoms with Gasteiger partial charge in [0.25, 0.3) is 5.91 Å². The van der Waals surface area contributed by atoms with Crippen LogP contribution < -0.4 is 15.5 Å². The number of piperazine rings is 1. The van der Waals surface area contributed by atoms with Crippen LogP contribution in [0.4, 0.5) is 17.3 Å². The number of carbonyl (C=O) groups excluding carboxylic acids is 1. The van der Waals surface area contributed by atoms with E-state index in [-0.39, 0.29) is 5.91 Å². The third-order valence-electron chi connectivity index (χ3n) is 4.95. The zero-order valence-electron chi connectivity index (χ0n) is 16.8. The van der Waals surface area contributed by atoms with E-state index in [4.69, 9.17) is 0 Å². The van der Waals surface area contributed by atoms with Crippen LogP contribution in [0.5, 0.6) is 0 Å². The maximum atomic E-state index is 12.2. The van der Waals surface area contributed by atoms with Crippen molar-refractivity contribution >= 4 is 23.2 Å². The molecule has 1 aliphatic rings. The molecule has 0 bridgehead atoms. The van der Waals surface area contributed by atoms with E-state index in [1.165, 1.54) is 5.69 Å². The minimum Gasteiger partial charge on any atom is -0.369 e. The van der Waals surface area contributed by atoms with Gasteiger partial charge < -0.3 is 20.4 Å². The fourth-order valence-corrected chi connectivity index (χ4v) is 3.16. The lowest BCUT2D eigenvalue weighted by Gasteiger charge is -2.34. The van der Waals surface area contributed by atoms with Gasteiger partial charge in [-0.05, 0) is 43.8 Å². The third kappa shape index (κ3) is 5.66. The monoisotopic (exact) mass is 382 g/mol. The number of unbranched alkanes of at least 4 members (excludes halogenated alkanes) is 2. The van der Waals surface area contributed by atoms with E-state index in [2.05, 4.69) is 56.5 Å². The molecular weight excluding hydrogens is 352 g/mol. The Balaban J connectivity index is 1.57. The van der Waals surface area contributed by atoms with Gasteiger partial charge in [0.05, 0.1) is 0 Å². The molecule has 0 saturated carbocycles. The fourth-order valence-electron chi connectivity index (χ4n) is 3.16. The molecule has 0 radical (unpaired) electrons. The summed E-state index contributed by atoms with van der Waals surface area (Å²) in [5, 5.41) is 6.09. The average Bonchev–Trinajstić information content (AvgIpc) is 2.72. The van der Waals surface area contributed by atoms with Gasteiger partial charge in [0.15, 0.2) is 0 Å². The SMILES string of the molecule is CCCCCNC(=O)c1ccnc(Nc2ccc(N3CCN(C)CC3)cc2)n1. The molecule has 2 aromatic rings. The highest BCUT2D eigenvalue weighted by molar-refractivity contribution is 5.92. The number of nitrogens with one attached hydrogen (secondary N) is 2. The number of rotatable bonds is 8. The summed E-state index contributed by atoms with van der Waals surface area (Å²) in [7, 11) is 2.16. The van der Waals surface area contributed by atoms with Crippen molar-refractivity contribution < 1.29 is 4.79 Å². The van der Waals surface area contributed by atoms with E-state index in [0.717, 1.165) is 51.1 Å². The van der Waals surface area contributed by atoms with Gasteiger partial charge in [-0.25, -0.2) is 9.97 Å². The predicted octanol–water partition coefficient (Wildman–Crippen LogP) is 2.89. The normalized spacial score (nSPS) is 14.7. The minimum absolute atomic E-state index is 0.160. The summed E-state index contributed by atoms with van der Waals surface area (Å²) in [5.74, 6) is 0.264. The molecule has 150 valence electrons. The summed E-state index contributed by atoms with van der Waals surface area (Å²) < 4.78 is 0. The number of amides is 1. The first-order valence-corrected chi connectivity index (χ1v) is 10.1. The molecule has 0 atom stereocenters. The molecule has 3 rings (SSSR count). The topological polar surface area (TPSA) is 73.4 Å². The lowest BCUT2D eigenvalue weighted by atomic mass is 10.2. The van der Waals surface area contributed by atoms with Crippen molar-refractivity contribution in [1.82, 2.24) is 20.2 Å². The van der Waals surface area contributed by atoms with Gasteiger partial charge in [0, 0.05) is 50.3 Å². The van der Waals surface area contributed by atoms with Crippen molar-refractivity contribution in [3.05, 3.63) is 42.2 Å². The number of nitrogens with zero attached hydrogens (tertiary/aromatic N) is 4. The van der Waals surface area contributed by atoms with Crippen LogP contribution in [0.2, 0.25) is 0 Å². The molecule has 1 amide bonds. The molecule has 1 aromatic heterocycles. The minimum atomic E-state index is -0.160. The smallest absolute Gasteiger partial charge is 0.270 e. The second-order valence-electron chi connectivity index (χ2n) is 7.19. The number of anilines is 3. The standard InChI is InChI=1S/C21H30N6O/c1-3-4-5-11-22-20(28)19-10-12-23-21(25-19)24-17-6-8-18(9-7-17)27-15-13-26(2)14-16-27/h6-10,12H,3-5,11,13-16H2,1-2H3,(H,22,28)(H,23,24,25). The van der Waals surface area contributed by atoms with Gasteiger partial charge in [0.1, 0.15) is 5.69 Å². The fraction of sp³-hybridized carbons (Fsp3) is 0.476. The summed E-state index contributed by atoms with van der Waals surface area (Å²) in [6.07, 6.45) is 4.83. The van der Waals surface area contributed by atoms with Crippen molar-refractivity contribution in [3.8, 4) is 0 Å². The van der Waals surface area contributed by atoms with E-state index in [1.54, 1.807) is 12.3 Å². The predicted molar refractivity (Wildman–Crippen MR) is 113 cm³/mol. The summed E-state index contributed by atoms with van der Waals surface area (Å²) >= 11 is 0. The first-order valence-electron chi connectivity index (χ1n) is 10.1. The lowest BCUT2D eigenvalue weighted by Crippen LogP contribution is -2.44. The number of hydrogen-bond donors (Lipinski definition) is 2. The van der Waals surface area contributed by atoms with Gasteiger partial charge >= 0.3 is 0 Å². The van der Waals surface area contributed by atoms with E-state index in [9.17, 15) is 4.79 Å².